The lowest BCUT2D eigenvalue weighted by molar-refractivity contribution is -0.125. The molecule has 1 N–H and O–H groups in total. The van der Waals surface area contributed by atoms with Gasteiger partial charge in [0.05, 0.1) is 0 Å². The Morgan fingerprint density at radius 3 is 2.71 bits per heavy atom. The summed E-state index contributed by atoms with van der Waals surface area (Å²) in [6.07, 6.45) is 8.28. The first-order valence-corrected chi connectivity index (χ1v) is 5.73. The predicted molar refractivity (Wildman–Crippen MR) is 54.7 cm³/mol. The van der Waals surface area contributed by atoms with Crippen LogP contribution < -0.4 is 5.32 Å². The molecule has 2 saturated carbocycles. The van der Waals surface area contributed by atoms with E-state index in [0.29, 0.717) is 5.92 Å². The number of hydrogen-bond acceptors (Lipinski definition) is 1. The van der Waals surface area contributed by atoms with Gasteiger partial charge in [-0.15, -0.1) is 0 Å². The van der Waals surface area contributed by atoms with Crippen molar-refractivity contribution in [3.63, 3.8) is 0 Å². The standard InChI is InChI=1S/C12H17NO/c1-8-7-11(14)13-12(6-5-10(8)12)9-3-2-4-9/h7,9-10H,2-6H2,1H3,(H,13,14)/t10-,12+/m1/s1. The summed E-state index contributed by atoms with van der Waals surface area (Å²) in [6.45, 7) is 2.12. The highest BCUT2D eigenvalue weighted by molar-refractivity contribution is 5.90. The summed E-state index contributed by atoms with van der Waals surface area (Å²) in [5.74, 6) is 1.57. The number of nitrogens with one attached hydrogen (secondary N) is 1. The second-order valence-corrected chi connectivity index (χ2v) is 5.14. The van der Waals surface area contributed by atoms with Crippen molar-refractivity contribution in [1.82, 2.24) is 5.32 Å². The first-order chi connectivity index (χ1) is 6.72. The van der Waals surface area contributed by atoms with Crippen LogP contribution in [0.4, 0.5) is 0 Å². The molecule has 2 aliphatic carbocycles. The van der Waals surface area contributed by atoms with Crippen LogP contribution in [0.3, 0.4) is 0 Å². The van der Waals surface area contributed by atoms with Crippen LogP contribution in [0.5, 0.6) is 0 Å². The van der Waals surface area contributed by atoms with Crippen LogP contribution in [0.25, 0.3) is 0 Å². The average Bonchev–Trinajstić information content (AvgIpc) is 1.94. The Morgan fingerprint density at radius 2 is 2.21 bits per heavy atom. The lowest BCUT2D eigenvalue weighted by atomic mass is 9.52. The molecule has 1 aliphatic heterocycles. The minimum atomic E-state index is 0.144. The van der Waals surface area contributed by atoms with E-state index in [-0.39, 0.29) is 11.4 Å². The van der Waals surface area contributed by atoms with Gasteiger partial charge >= 0.3 is 0 Å². The van der Waals surface area contributed by atoms with Crippen LogP contribution in [0.2, 0.25) is 0 Å². The SMILES string of the molecule is CC1=CC(=O)N[C@]2(C3CCC3)CC[C@H]12. The zero-order valence-electron chi connectivity index (χ0n) is 8.68. The van der Waals surface area contributed by atoms with Crippen LogP contribution in [-0.4, -0.2) is 11.4 Å². The smallest absolute Gasteiger partial charge is 0.244 e. The van der Waals surface area contributed by atoms with Gasteiger partial charge < -0.3 is 5.32 Å². The zero-order chi connectivity index (χ0) is 9.76. The maximum atomic E-state index is 11.5. The van der Waals surface area contributed by atoms with E-state index < -0.39 is 0 Å². The normalized spacial score (nSPS) is 41.6. The summed E-state index contributed by atoms with van der Waals surface area (Å²) in [4.78, 5) is 11.5. The molecule has 2 fully saturated rings. The highest BCUT2D eigenvalue weighted by Crippen LogP contribution is 2.54. The van der Waals surface area contributed by atoms with E-state index in [1.54, 1.807) is 6.08 Å². The Hall–Kier alpha value is -0.790. The Bertz CT molecular complexity index is 316. The second kappa shape index (κ2) is 2.62. The Morgan fingerprint density at radius 1 is 1.43 bits per heavy atom. The molecule has 0 aromatic carbocycles. The summed E-state index contributed by atoms with van der Waals surface area (Å²) in [7, 11) is 0. The maximum Gasteiger partial charge on any atom is 0.244 e. The van der Waals surface area contributed by atoms with Gasteiger partial charge in [0, 0.05) is 17.5 Å². The number of hydrogen-bond donors (Lipinski definition) is 1. The van der Waals surface area contributed by atoms with Gasteiger partial charge in [-0.1, -0.05) is 12.0 Å². The monoisotopic (exact) mass is 191 g/mol. The van der Waals surface area contributed by atoms with Crippen LogP contribution in [0.1, 0.15) is 39.0 Å². The van der Waals surface area contributed by atoms with Crippen LogP contribution in [0.15, 0.2) is 11.6 Å². The lowest BCUT2D eigenvalue weighted by Crippen LogP contribution is -2.67. The van der Waals surface area contributed by atoms with Gasteiger partial charge in [0.25, 0.3) is 0 Å². The average molecular weight is 191 g/mol. The molecular formula is C12H17NO. The Labute approximate surface area is 84.8 Å². The zero-order valence-corrected chi connectivity index (χ0v) is 8.68. The molecule has 0 unspecified atom stereocenters. The summed E-state index contributed by atoms with van der Waals surface area (Å²) in [5, 5.41) is 3.25. The fraction of sp³-hybridized carbons (Fsp3) is 0.750. The van der Waals surface area contributed by atoms with Crippen LogP contribution in [0, 0.1) is 11.8 Å². The number of carbonyl (C=O) groups excluding carboxylic acids is 1. The molecule has 0 bridgehead atoms. The highest BCUT2D eigenvalue weighted by atomic mass is 16.1. The summed E-state index contributed by atoms with van der Waals surface area (Å²) < 4.78 is 0. The van der Waals surface area contributed by atoms with Gasteiger partial charge in [-0.05, 0) is 38.5 Å². The van der Waals surface area contributed by atoms with Crippen LogP contribution >= 0.6 is 0 Å². The van der Waals surface area contributed by atoms with Crippen molar-refractivity contribution in [2.45, 2.75) is 44.6 Å². The molecule has 2 atom stereocenters. The van der Waals surface area contributed by atoms with E-state index in [1.165, 1.54) is 37.7 Å². The molecule has 1 heterocycles. The van der Waals surface area contributed by atoms with Crippen molar-refractivity contribution in [2.75, 3.05) is 0 Å². The topological polar surface area (TPSA) is 29.1 Å². The molecule has 0 radical (unpaired) electrons. The molecule has 2 nitrogen and oxygen atoms in total. The minimum Gasteiger partial charge on any atom is -0.346 e. The highest BCUT2D eigenvalue weighted by Gasteiger charge is 2.56. The molecule has 1 amide bonds. The third-order valence-electron chi connectivity index (χ3n) is 4.57. The molecule has 76 valence electrons. The number of rotatable bonds is 1. The summed E-state index contributed by atoms with van der Waals surface area (Å²) in [5.41, 5.74) is 1.50. The van der Waals surface area contributed by atoms with E-state index in [2.05, 4.69) is 12.2 Å². The third kappa shape index (κ3) is 0.891. The van der Waals surface area contributed by atoms with E-state index in [4.69, 9.17) is 0 Å². The first-order valence-electron chi connectivity index (χ1n) is 5.73. The van der Waals surface area contributed by atoms with Gasteiger partial charge in [-0.2, -0.15) is 0 Å². The van der Waals surface area contributed by atoms with Gasteiger partial charge in [0.1, 0.15) is 0 Å². The third-order valence-corrected chi connectivity index (χ3v) is 4.57. The van der Waals surface area contributed by atoms with E-state index in [1.807, 2.05) is 0 Å². The molecule has 3 aliphatic rings. The van der Waals surface area contributed by atoms with Gasteiger partial charge in [-0.25, -0.2) is 0 Å². The molecular weight excluding hydrogens is 174 g/mol. The van der Waals surface area contributed by atoms with Gasteiger partial charge in [0.15, 0.2) is 0 Å². The van der Waals surface area contributed by atoms with Crippen molar-refractivity contribution < 1.29 is 4.79 Å². The minimum absolute atomic E-state index is 0.144. The molecule has 14 heavy (non-hydrogen) atoms. The maximum absolute atomic E-state index is 11.5. The van der Waals surface area contributed by atoms with Crippen molar-refractivity contribution in [3.05, 3.63) is 11.6 Å². The number of amides is 1. The summed E-state index contributed by atoms with van der Waals surface area (Å²) >= 11 is 0. The van der Waals surface area contributed by atoms with Crippen molar-refractivity contribution in [3.8, 4) is 0 Å². The van der Waals surface area contributed by atoms with Crippen LogP contribution in [-0.2, 0) is 4.79 Å². The van der Waals surface area contributed by atoms with Gasteiger partial charge in [-0.3, -0.25) is 4.79 Å². The van der Waals surface area contributed by atoms with Crippen molar-refractivity contribution in [1.29, 1.82) is 0 Å². The molecule has 2 heteroatoms. The quantitative estimate of drug-likeness (QED) is 0.675. The molecule has 0 saturated heterocycles. The fourth-order valence-corrected chi connectivity index (χ4v) is 3.47. The number of carbonyl (C=O) groups is 1. The molecule has 0 spiro atoms. The fourth-order valence-electron chi connectivity index (χ4n) is 3.47. The van der Waals surface area contributed by atoms with Crippen molar-refractivity contribution >= 4 is 5.91 Å². The summed E-state index contributed by atoms with van der Waals surface area (Å²) in [6, 6.07) is 0. The predicted octanol–water partition coefficient (Wildman–Crippen LogP) is 2.01. The van der Waals surface area contributed by atoms with Gasteiger partial charge in [0.2, 0.25) is 5.91 Å². The number of fused-ring (bicyclic) bond motifs is 1. The molecule has 3 rings (SSSR count). The van der Waals surface area contributed by atoms with E-state index >= 15 is 0 Å². The van der Waals surface area contributed by atoms with E-state index in [0.717, 1.165) is 5.92 Å². The van der Waals surface area contributed by atoms with E-state index in [9.17, 15) is 4.79 Å². The molecule has 0 aromatic heterocycles. The Kier molecular flexibility index (Phi) is 1.59. The largest absolute Gasteiger partial charge is 0.346 e. The van der Waals surface area contributed by atoms with Crippen molar-refractivity contribution in [2.24, 2.45) is 11.8 Å². The molecule has 0 aromatic rings. The second-order valence-electron chi connectivity index (χ2n) is 5.14. The first kappa shape index (κ1) is 8.51. The lowest BCUT2D eigenvalue weighted by Gasteiger charge is -2.59. The Balaban J connectivity index is 1.92.